The average molecular weight is 400 g/mol. The van der Waals surface area contributed by atoms with Crippen molar-refractivity contribution in [2.24, 2.45) is 0 Å². The Hall–Kier alpha value is -3.22. The number of nitrogens with zero attached hydrogens (tertiary/aromatic N) is 6. The summed E-state index contributed by atoms with van der Waals surface area (Å²) in [6.45, 7) is 4.23. The van der Waals surface area contributed by atoms with Gasteiger partial charge >= 0.3 is 0 Å². The first-order valence-electron chi connectivity index (χ1n) is 10.9. The fraction of sp³-hybridized carbons (Fsp3) is 0.391. The molecule has 4 aromatic rings. The Morgan fingerprint density at radius 3 is 2.77 bits per heavy atom. The molecule has 1 aromatic carbocycles. The van der Waals surface area contributed by atoms with Crippen LogP contribution in [0.25, 0.3) is 28.1 Å². The molecule has 1 aliphatic heterocycles. The SMILES string of the molecule is CCC1c2nnc(C)n2-c2cnc(-c3cc4ccccc4[nH]3)nc2N1C1CCCC1. The van der Waals surface area contributed by atoms with E-state index in [2.05, 4.69) is 55.8 Å². The summed E-state index contributed by atoms with van der Waals surface area (Å²) in [6.07, 6.45) is 7.87. The third-order valence-electron chi connectivity index (χ3n) is 6.59. The van der Waals surface area contributed by atoms with Crippen molar-refractivity contribution in [1.82, 2.24) is 29.7 Å². The second-order valence-electron chi connectivity index (χ2n) is 8.38. The molecule has 152 valence electrons. The number of aryl methyl sites for hydroxylation is 1. The molecule has 0 amide bonds. The standard InChI is InChI=1S/C23H25N7/c1-3-19-23-28-27-14(2)29(23)20-13-24-21(18-12-15-8-4-7-11-17(15)25-18)26-22(20)30(19)16-9-5-6-10-16/h4,7-8,11-13,16,19,25H,3,5-6,9-10H2,1-2H3. The number of fused-ring (bicyclic) bond motifs is 4. The monoisotopic (exact) mass is 399 g/mol. The maximum absolute atomic E-state index is 5.13. The van der Waals surface area contributed by atoms with Gasteiger partial charge in [0.1, 0.15) is 11.5 Å². The molecule has 0 radical (unpaired) electrons. The van der Waals surface area contributed by atoms with Crippen LogP contribution in [0.5, 0.6) is 0 Å². The van der Waals surface area contributed by atoms with Crippen molar-refractivity contribution in [3.8, 4) is 17.2 Å². The van der Waals surface area contributed by atoms with Gasteiger partial charge in [0.15, 0.2) is 17.5 Å². The van der Waals surface area contributed by atoms with Gasteiger partial charge in [-0.05, 0) is 38.3 Å². The van der Waals surface area contributed by atoms with Crippen LogP contribution in [0.2, 0.25) is 0 Å². The van der Waals surface area contributed by atoms with Crippen molar-refractivity contribution in [3.05, 3.63) is 48.2 Å². The number of nitrogens with one attached hydrogen (secondary N) is 1. The first-order chi connectivity index (χ1) is 14.7. The molecule has 2 aliphatic rings. The molecular weight excluding hydrogens is 374 g/mol. The molecule has 7 nitrogen and oxygen atoms in total. The molecule has 1 fully saturated rings. The Morgan fingerprint density at radius 2 is 1.97 bits per heavy atom. The minimum Gasteiger partial charge on any atom is -0.352 e. The number of hydrogen-bond acceptors (Lipinski definition) is 5. The zero-order valence-electron chi connectivity index (χ0n) is 17.3. The highest BCUT2D eigenvalue weighted by Crippen LogP contribution is 2.43. The molecule has 1 atom stereocenters. The number of aromatic nitrogens is 6. The number of rotatable bonds is 3. The van der Waals surface area contributed by atoms with Crippen molar-refractivity contribution in [2.75, 3.05) is 4.90 Å². The molecule has 1 unspecified atom stereocenters. The summed E-state index contributed by atoms with van der Waals surface area (Å²) in [7, 11) is 0. The van der Waals surface area contributed by atoms with Crippen LogP contribution in [0.15, 0.2) is 36.5 Å². The first kappa shape index (κ1) is 17.6. The predicted molar refractivity (Wildman–Crippen MR) is 117 cm³/mol. The van der Waals surface area contributed by atoms with Crippen molar-refractivity contribution in [1.29, 1.82) is 0 Å². The molecule has 1 saturated carbocycles. The van der Waals surface area contributed by atoms with E-state index in [9.17, 15) is 0 Å². The molecular formula is C23H25N7. The first-order valence-corrected chi connectivity index (χ1v) is 10.9. The van der Waals surface area contributed by atoms with E-state index in [-0.39, 0.29) is 6.04 Å². The van der Waals surface area contributed by atoms with Gasteiger partial charge in [-0.1, -0.05) is 38.0 Å². The summed E-state index contributed by atoms with van der Waals surface area (Å²) < 4.78 is 2.14. The van der Waals surface area contributed by atoms with Crippen molar-refractivity contribution < 1.29 is 0 Å². The quantitative estimate of drug-likeness (QED) is 0.539. The van der Waals surface area contributed by atoms with Crippen LogP contribution >= 0.6 is 0 Å². The van der Waals surface area contributed by atoms with Crippen LogP contribution in [0.3, 0.4) is 0 Å². The van der Waals surface area contributed by atoms with E-state index < -0.39 is 0 Å². The molecule has 0 bridgehead atoms. The second-order valence-corrected chi connectivity index (χ2v) is 8.38. The lowest BCUT2D eigenvalue weighted by Crippen LogP contribution is -2.42. The highest BCUT2D eigenvalue weighted by atomic mass is 15.4. The van der Waals surface area contributed by atoms with Gasteiger partial charge in [0.2, 0.25) is 0 Å². The zero-order valence-corrected chi connectivity index (χ0v) is 17.3. The number of hydrogen-bond donors (Lipinski definition) is 1. The number of para-hydroxylation sites is 1. The second kappa shape index (κ2) is 6.65. The smallest absolute Gasteiger partial charge is 0.178 e. The maximum atomic E-state index is 5.13. The van der Waals surface area contributed by atoms with E-state index >= 15 is 0 Å². The van der Waals surface area contributed by atoms with Crippen molar-refractivity contribution >= 4 is 16.7 Å². The van der Waals surface area contributed by atoms with Crippen LogP contribution in [0.4, 0.5) is 5.82 Å². The summed E-state index contributed by atoms with van der Waals surface area (Å²) in [5.41, 5.74) is 3.04. The van der Waals surface area contributed by atoms with Gasteiger partial charge in [0, 0.05) is 16.9 Å². The Labute approximate surface area is 175 Å². The molecule has 6 rings (SSSR count). The van der Waals surface area contributed by atoms with Gasteiger partial charge in [-0.25, -0.2) is 9.97 Å². The van der Waals surface area contributed by atoms with Gasteiger partial charge in [-0.15, -0.1) is 10.2 Å². The summed E-state index contributed by atoms with van der Waals surface area (Å²) in [5, 5.41) is 10.1. The van der Waals surface area contributed by atoms with Crippen LogP contribution in [0, 0.1) is 6.92 Å². The van der Waals surface area contributed by atoms with E-state index in [1.807, 2.05) is 19.2 Å². The Bertz CT molecular complexity index is 1200. The molecule has 1 aliphatic carbocycles. The number of H-pyrrole nitrogens is 1. The minimum atomic E-state index is 0.187. The minimum absolute atomic E-state index is 0.187. The van der Waals surface area contributed by atoms with E-state index in [1.165, 1.54) is 31.1 Å². The molecule has 30 heavy (non-hydrogen) atoms. The predicted octanol–water partition coefficient (Wildman–Crippen LogP) is 4.73. The Kier molecular flexibility index (Phi) is 3.91. The van der Waals surface area contributed by atoms with Crippen molar-refractivity contribution in [3.63, 3.8) is 0 Å². The highest BCUT2D eigenvalue weighted by molar-refractivity contribution is 5.85. The summed E-state index contributed by atoms with van der Waals surface area (Å²) >= 11 is 0. The molecule has 4 heterocycles. The Balaban J connectivity index is 1.55. The van der Waals surface area contributed by atoms with Gasteiger partial charge < -0.3 is 9.88 Å². The molecule has 1 N–H and O–H groups in total. The normalized spacial score (nSPS) is 18.7. The van der Waals surface area contributed by atoms with E-state index in [1.54, 1.807) is 0 Å². The Morgan fingerprint density at radius 1 is 1.13 bits per heavy atom. The van der Waals surface area contributed by atoms with Gasteiger partial charge in [0.25, 0.3) is 0 Å². The third kappa shape index (κ3) is 2.51. The third-order valence-corrected chi connectivity index (χ3v) is 6.59. The van der Waals surface area contributed by atoms with E-state index in [0.29, 0.717) is 6.04 Å². The van der Waals surface area contributed by atoms with Crippen LogP contribution < -0.4 is 4.90 Å². The summed E-state index contributed by atoms with van der Waals surface area (Å²) in [6, 6.07) is 11.1. The average Bonchev–Trinajstić information content (AvgIpc) is 3.52. The van der Waals surface area contributed by atoms with Gasteiger partial charge in [-0.3, -0.25) is 4.57 Å². The molecule has 0 spiro atoms. The van der Waals surface area contributed by atoms with Gasteiger partial charge in [0.05, 0.1) is 17.9 Å². The lowest BCUT2D eigenvalue weighted by atomic mass is 10.0. The van der Waals surface area contributed by atoms with E-state index in [4.69, 9.17) is 9.97 Å². The van der Waals surface area contributed by atoms with Crippen LogP contribution in [-0.2, 0) is 0 Å². The fourth-order valence-corrected chi connectivity index (χ4v) is 5.19. The lowest BCUT2D eigenvalue weighted by Gasteiger charge is -2.41. The van der Waals surface area contributed by atoms with Crippen LogP contribution in [0.1, 0.15) is 56.7 Å². The number of aromatic amines is 1. The topological polar surface area (TPSA) is 75.5 Å². The van der Waals surface area contributed by atoms with Crippen molar-refractivity contribution in [2.45, 2.75) is 58.0 Å². The maximum Gasteiger partial charge on any atom is 0.178 e. The molecule has 7 heteroatoms. The van der Waals surface area contributed by atoms with Crippen LogP contribution in [-0.4, -0.2) is 35.8 Å². The fourth-order valence-electron chi connectivity index (χ4n) is 5.19. The largest absolute Gasteiger partial charge is 0.352 e. The molecule has 0 saturated heterocycles. The lowest BCUT2D eigenvalue weighted by molar-refractivity contribution is 0.468. The summed E-state index contributed by atoms with van der Waals surface area (Å²) in [4.78, 5) is 15.9. The molecule has 3 aromatic heterocycles. The van der Waals surface area contributed by atoms with E-state index in [0.717, 1.165) is 46.6 Å². The summed E-state index contributed by atoms with van der Waals surface area (Å²) in [5.74, 6) is 3.64. The number of benzene rings is 1. The number of anilines is 1. The highest BCUT2D eigenvalue weighted by Gasteiger charge is 2.39. The van der Waals surface area contributed by atoms with Gasteiger partial charge in [-0.2, -0.15) is 0 Å². The zero-order chi connectivity index (χ0) is 20.2.